The molecule has 0 heterocycles. The van der Waals surface area contributed by atoms with E-state index in [4.69, 9.17) is 5.73 Å². The highest BCUT2D eigenvalue weighted by Gasteiger charge is 2.36. The van der Waals surface area contributed by atoms with Gasteiger partial charge < -0.3 is 11.1 Å². The molecular weight excluding hydrogens is 152 g/mol. The number of hydrogen-bond acceptors (Lipinski definition) is 2. The Morgan fingerprint density at radius 3 is 2.58 bits per heavy atom. The van der Waals surface area contributed by atoms with E-state index < -0.39 is 0 Å². The third-order valence-corrected chi connectivity index (χ3v) is 2.33. The van der Waals surface area contributed by atoms with Crippen LogP contribution >= 0.6 is 0 Å². The van der Waals surface area contributed by atoms with Gasteiger partial charge in [0.2, 0.25) is 5.91 Å². The number of hydrogen-bond donors (Lipinski definition) is 2. The van der Waals surface area contributed by atoms with Crippen LogP contribution in [0, 0.1) is 5.41 Å². The van der Waals surface area contributed by atoms with Gasteiger partial charge in [0, 0.05) is 19.0 Å². The van der Waals surface area contributed by atoms with Gasteiger partial charge in [0.1, 0.15) is 0 Å². The van der Waals surface area contributed by atoms with Crippen LogP contribution in [0.4, 0.5) is 0 Å². The SMILES string of the molecule is CC1(C)CC(NC(=O)CCN)C1. The fourth-order valence-electron chi connectivity index (χ4n) is 1.81. The van der Waals surface area contributed by atoms with E-state index in [1.807, 2.05) is 0 Å². The molecule has 0 saturated heterocycles. The maximum Gasteiger partial charge on any atom is 0.221 e. The number of nitrogens with one attached hydrogen (secondary N) is 1. The minimum Gasteiger partial charge on any atom is -0.353 e. The third-order valence-electron chi connectivity index (χ3n) is 2.33. The van der Waals surface area contributed by atoms with E-state index in [0.717, 1.165) is 12.8 Å². The van der Waals surface area contributed by atoms with Crippen LogP contribution in [0.1, 0.15) is 33.1 Å². The summed E-state index contributed by atoms with van der Waals surface area (Å²) in [5, 5.41) is 2.95. The van der Waals surface area contributed by atoms with Crippen LogP contribution in [0.5, 0.6) is 0 Å². The Labute approximate surface area is 73.7 Å². The first-order chi connectivity index (χ1) is 5.53. The molecule has 70 valence electrons. The highest BCUT2D eigenvalue weighted by molar-refractivity contribution is 5.76. The second kappa shape index (κ2) is 3.44. The minimum absolute atomic E-state index is 0.0954. The molecule has 3 nitrogen and oxygen atoms in total. The molecule has 0 aromatic carbocycles. The second-order valence-corrected chi connectivity index (χ2v) is 4.38. The average Bonchev–Trinajstić information content (AvgIpc) is 1.83. The Morgan fingerprint density at radius 1 is 1.58 bits per heavy atom. The molecule has 0 spiro atoms. The van der Waals surface area contributed by atoms with E-state index in [9.17, 15) is 4.79 Å². The molecule has 1 amide bonds. The number of rotatable bonds is 3. The van der Waals surface area contributed by atoms with Gasteiger partial charge in [-0.15, -0.1) is 0 Å². The van der Waals surface area contributed by atoms with E-state index in [-0.39, 0.29) is 5.91 Å². The fraction of sp³-hybridized carbons (Fsp3) is 0.889. The van der Waals surface area contributed by atoms with Crippen molar-refractivity contribution in [2.24, 2.45) is 11.1 Å². The molecule has 0 atom stereocenters. The summed E-state index contributed by atoms with van der Waals surface area (Å²) in [6.45, 7) is 4.89. The van der Waals surface area contributed by atoms with Crippen LogP contribution in [0.25, 0.3) is 0 Å². The molecule has 1 fully saturated rings. The van der Waals surface area contributed by atoms with Crippen molar-refractivity contribution in [2.75, 3.05) is 6.54 Å². The first kappa shape index (κ1) is 9.52. The summed E-state index contributed by atoms with van der Waals surface area (Å²) < 4.78 is 0. The Balaban J connectivity index is 2.14. The highest BCUT2D eigenvalue weighted by Crippen LogP contribution is 2.39. The summed E-state index contributed by atoms with van der Waals surface area (Å²) in [4.78, 5) is 11.1. The standard InChI is InChI=1S/C9H18N2O/c1-9(2)5-7(6-9)11-8(12)3-4-10/h7H,3-6,10H2,1-2H3,(H,11,12). The quantitative estimate of drug-likeness (QED) is 0.653. The summed E-state index contributed by atoms with van der Waals surface area (Å²) in [6, 6.07) is 0.402. The summed E-state index contributed by atoms with van der Waals surface area (Å²) in [5.41, 5.74) is 5.69. The zero-order valence-electron chi connectivity index (χ0n) is 7.89. The summed E-state index contributed by atoms with van der Waals surface area (Å²) in [6.07, 6.45) is 2.66. The van der Waals surface area contributed by atoms with Gasteiger partial charge in [-0.1, -0.05) is 13.8 Å². The lowest BCUT2D eigenvalue weighted by Gasteiger charge is -2.42. The first-order valence-electron chi connectivity index (χ1n) is 4.53. The molecular formula is C9H18N2O. The van der Waals surface area contributed by atoms with Crippen LogP contribution in [-0.4, -0.2) is 18.5 Å². The van der Waals surface area contributed by atoms with Crippen LogP contribution < -0.4 is 11.1 Å². The van der Waals surface area contributed by atoms with Gasteiger partial charge in [-0.3, -0.25) is 4.79 Å². The van der Waals surface area contributed by atoms with Crippen molar-refractivity contribution in [1.82, 2.24) is 5.32 Å². The van der Waals surface area contributed by atoms with E-state index in [1.54, 1.807) is 0 Å². The highest BCUT2D eigenvalue weighted by atomic mass is 16.1. The summed E-state index contributed by atoms with van der Waals surface area (Å²) in [7, 11) is 0. The van der Waals surface area contributed by atoms with E-state index in [0.29, 0.717) is 24.4 Å². The monoisotopic (exact) mass is 170 g/mol. The van der Waals surface area contributed by atoms with Gasteiger partial charge in [-0.05, 0) is 18.3 Å². The summed E-state index contributed by atoms with van der Waals surface area (Å²) in [5.74, 6) is 0.0954. The van der Waals surface area contributed by atoms with Crippen LogP contribution in [0.15, 0.2) is 0 Å². The predicted molar refractivity (Wildman–Crippen MR) is 48.6 cm³/mol. The fourth-order valence-corrected chi connectivity index (χ4v) is 1.81. The molecule has 0 aromatic heterocycles. The summed E-state index contributed by atoms with van der Waals surface area (Å²) >= 11 is 0. The number of carbonyl (C=O) groups excluding carboxylic acids is 1. The third kappa shape index (κ3) is 2.48. The van der Waals surface area contributed by atoms with Crippen molar-refractivity contribution in [1.29, 1.82) is 0 Å². The molecule has 0 aromatic rings. The largest absolute Gasteiger partial charge is 0.353 e. The van der Waals surface area contributed by atoms with E-state index >= 15 is 0 Å². The van der Waals surface area contributed by atoms with Gasteiger partial charge in [0.25, 0.3) is 0 Å². The van der Waals surface area contributed by atoms with Gasteiger partial charge in [-0.2, -0.15) is 0 Å². The maximum atomic E-state index is 11.1. The predicted octanol–water partition coefficient (Wildman–Crippen LogP) is 0.640. The molecule has 1 rings (SSSR count). The molecule has 0 bridgehead atoms. The van der Waals surface area contributed by atoms with Crippen molar-refractivity contribution in [3.05, 3.63) is 0 Å². The molecule has 1 saturated carbocycles. The second-order valence-electron chi connectivity index (χ2n) is 4.38. The molecule has 12 heavy (non-hydrogen) atoms. The molecule has 1 aliphatic rings. The molecule has 3 N–H and O–H groups in total. The van der Waals surface area contributed by atoms with Crippen molar-refractivity contribution >= 4 is 5.91 Å². The lowest BCUT2D eigenvalue weighted by Crippen LogP contribution is -2.48. The van der Waals surface area contributed by atoms with E-state index in [2.05, 4.69) is 19.2 Å². The Morgan fingerprint density at radius 2 is 2.17 bits per heavy atom. The Hall–Kier alpha value is -0.570. The van der Waals surface area contributed by atoms with Crippen molar-refractivity contribution in [2.45, 2.75) is 39.2 Å². The van der Waals surface area contributed by atoms with Crippen molar-refractivity contribution in [3.8, 4) is 0 Å². The number of nitrogens with two attached hydrogens (primary N) is 1. The number of amides is 1. The average molecular weight is 170 g/mol. The van der Waals surface area contributed by atoms with Crippen molar-refractivity contribution in [3.63, 3.8) is 0 Å². The number of carbonyl (C=O) groups is 1. The van der Waals surface area contributed by atoms with E-state index in [1.165, 1.54) is 0 Å². The zero-order chi connectivity index (χ0) is 9.19. The maximum absolute atomic E-state index is 11.1. The lowest BCUT2D eigenvalue weighted by molar-refractivity contribution is -0.122. The molecule has 0 radical (unpaired) electrons. The molecule has 0 aliphatic heterocycles. The van der Waals surface area contributed by atoms with Crippen LogP contribution in [0.2, 0.25) is 0 Å². The minimum atomic E-state index is 0.0954. The van der Waals surface area contributed by atoms with Gasteiger partial charge >= 0.3 is 0 Å². The van der Waals surface area contributed by atoms with Gasteiger partial charge in [0.15, 0.2) is 0 Å². The van der Waals surface area contributed by atoms with Crippen LogP contribution in [0.3, 0.4) is 0 Å². The molecule has 3 heteroatoms. The van der Waals surface area contributed by atoms with Crippen LogP contribution in [-0.2, 0) is 4.79 Å². The normalized spacial score (nSPS) is 21.6. The zero-order valence-corrected chi connectivity index (χ0v) is 7.89. The molecule has 1 aliphatic carbocycles. The van der Waals surface area contributed by atoms with Crippen molar-refractivity contribution < 1.29 is 4.79 Å². The topological polar surface area (TPSA) is 55.1 Å². The van der Waals surface area contributed by atoms with Gasteiger partial charge in [-0.25, -0.2) is 0 Å². The first-order valence-corrected chi connectivity index (χ1v) is 4.53. The van der Waals surface area contributed by atoms with Gasteiger partial charge in [0.05, 0.1) is 0 Å². The molecule has 0 unspecified atom stereocenters. The lowest BCUT2D eigenvalue weighted by atomic mass is 9.68. The Kier molecular flexibility index (Phi) is 2.73. The smallest absolute Gasteiger partial charge is 0.221 e. The Bertz CT molecular complexity index is 169.